The van der Waals surface area contributed by atoms with Gasteiger partial charge in [-0.1, -0.05) is 0 Å². The monoisotopic (exact) mass is 512 g/mol. The highest BCUT2D eigenvalue weighted by Gasteiger charge is 2.43. The number of allylic oxidation sites excluding steroid dienone is 1. The minimum Gasteiger partial charge on any atom is -0.424 e. The van der Waals surface area contributed by atoms with E-state index >= 15 is 0 Å². The number of fused-ring (bicyclic) bond motifs is 1. The highest BCUT2D eigenvalue weighted by atomic mass is 32.1. The van der Waals surface area contributed by atoms with Gasteiger partial charge in [0.05, 0.1) is 16.6 Å². The van der Waals surface area contributed by atoms with Gasteiger partial charge < -0.3 is 20.4 Å². The van der Waals surface area contributed by atoms with E-state index in [2.05, 4.69) is 32.9 Å². The van der Waals surface area contributed by atoms with Gasteiger partial charge in [-0.15, -0.1) is 17.7 Å². The number of halogens is 4. The molecule has 2 aliphatic rings. The van der Waals surface area contributed by atoms with Crippen LogP contribution in [0.25, 0.3) is 0 Å². The Bertz CT molecular complexity index is 1130. The molecule has 0 radical (unpaired) electrons. The first kappa shape index (κ1) is 25.3. The summed E-state index contributed by atoms with van der Waals surface area (Å²) in [4.78, 5) is 6.53. The van der Waals surface area contributed by atoms with Crippen LogP contribution in [0.1, 0.15) is 45.2 Å². The molecule has 1 unspecified atom stereocenters. The standard InChI is InChI=1S/C23H28F4N6OS/c1-12(2)33-22(34-17-8-15(23(25,26)27)7-16(24)9-17)30-21(31-33)29-19-5-4-14-10-32(11-18(14)19)20(35)6-13(3)28/h6-9,12,14,18-19,28,35H,4-5,10-11H2,1-3H3,(H,29,31)/b20-6-,28-13?/t14?,18-,19-/m1/s1. The maximum Gasteiger partial charge on any atom is 0.416 e. The molecule has 1 saturated carbocycles. The Morgan fingerprint density at radius 1 is 1.26 bits per heavy atom. The van der Waals surface area contributed by atoms with Gasteiger partial charge in [-0.2, -0.15) is 18.2 Å². The molecular formula is C23H28F4N6OS. The van der Waals surface area contributed by atoms with E-state index in [1.807, 2.05) is 13.8 Å². The van der Waals surface area contributed by atoms with Crippen LogP contribution in [0.3, 0.4) is 0 Å². The number of hydrogen-bond acceptors (Lipinski definition) is 7. The van der Waals surface area contributed by atoms with Crippen LogP contribution in [0.15, 0.2) is 29.3 Å². The molecule has 1 aromatic carbocycles. The van der Waals surface area contributed by atoms with Crippen molar-refractivity contribution >= 4 is 24.3 Å². The molecule has 0 bridgehead atoms. The third kappa shape index (κ3) is 5.74. The molecular weight excluding hydrogens is 484 g/mol. The summed E-state index contributed by atoms with van der Waals surface area (Å²) in [5.41, 5.74) is -0.696. The molecule has 7 nitrogen and oxygen atoms in total. The number of hydrogen-bond donors (Lipinski definition) is 3. The Morgan fingerprint density at radius 3 is 2.66 bits per heavy atom. The maximum absolute atomic E-state index is 13.8. The Labute approximate surface area is 206 Å². The molecule has 1 aliphatic carbocycles. The van der Waals surface area contributed by atoms with Gasteiger partial charge in [0.25, 0.3) is 0 Å². The summed E-state index contributed by atoms with van der Waals surface area (Å²) in [7, 11) is 0. The Kier molecular flexibility index (Phi) is 7.03. The van der Waals surface area contributed by atoms with Crippen LogP contribution in [0.5, 0.6) is 11.8 Å². The summed E-state index contributed by atoms with van der Waals surface area (Å²) in [6.07, 6.45) is -1.00. The van der Waals surface area contributed by atoms with Crippen molar-refractivity contribution in [1.82, 2.24) is 19.7 Å². The van der Waals surface area contributed by atoms with Crippen molar-refractivity contribution in [2.75, 3.05) is 18.4 Å². The summed E-state index contributed by atoms with van der Waals surface area (Å²) in [6.45, 7) is 7.05. The summed E-state index contributed by atoms with van der Waals surface area (Å²) >= 11 is 4.54. The van der Waals surface area contributed by atoms with E-state index in [1.165, 1.54) is 4.68 Å². The van der Waals surface area contributed by atoms with Crippen LogP contribution in [-0.2, 0) is 6.18 Å². The van der Waals surface area contributed by atoms with Crippen LogP contribution < -0.4 is 10.1 Å². The molecule has 0 amide bonds. The molecule has 1 aromatic heterocycles. The first-order valence-corrected chi connectivity index (χ1v) is 11.8. The number of rotatable bonds is 7. The van der Waals surface area contributed by atoms with Gasteiger partial charge in [-0.05, 0) is 57.7 Å². The van der Waals surface area contributed by atoms with Gasteiger partial charge in [0.1, 0.15) is 11.6 Å². The van der Waals surface area contributed by atoms with Crippen LogP contribution in [-0.4, -0.2) is 44.5 Å². The van der Waals surface area contributed by atoms with E-state index in [9.17, 15) is 17.6 Å². The quantitative estimate of drug-likeness (QED) is 0.250. The van der Waals surface area contributed by atoms with E-state index in [0.717, 1.165) is 43.1 Å². The lowest BCUT2D eigenvalue weighted by Gasteiger charge is -2.22. The number of ether oxygens (including phenoxy) is 1. The van der Waals surface area contributed by atoms with Gasteiger partial charge in [0.2, 0.25) is 5.95 Å². The molecule has 190 valence electrons. The normalized spacial score (nSPS) is 22.6. The molecule has 0 spiro atoms. The average Bonchev–Trinajstić information content (AvgIpc) is 3.42. The SMILES string of the molecule is CC(=N)/C=C(\S)N1CC2CC[C@@H](Nc3nc(Oc4cc(F)cc(C(F)(F)F)c4)n(C(C)C)n3)[C@@H]2C1. The van der Waals surface area contributed by atoms with Gasteiger partial charge >= 0.3 is 12.2 Å². The van der Waals surface area contributed by atoms with Crippen molar-refractivity contribution in [3.05, 3.63) is 40.7 Å². The summed E-state index contributed by atoms with van der Waals surface area (Å²) < 4.78 is 60.1. The third-order valence-corrected chi connectivity index (χ3v) is 6.75. The zero-order chi connectivity index (χ0) is 25.5. The Morgan fingerprint density at radius 2 is 2.00 bits per heavy atom. The number of aromatic nitrogens is 3. The second-order valence-corrected chi connectivity index (χ2v) is 9.83. The zero-order valence-electron chi connectivity index (χ0n) is 19.6. The van der Waals surface area contributed by atoms with Gasteiger partial charge in [0.15, 0.2) is 0 Å². The lowest BCUT2D eigenvalue weighted by molar-refractivity contribution is -0.137. The number of alkyl halides is 3. The number of anilines is 1. The van der Waals surface area contributed by atoms with E-state index in [1.54, 1.807) is 13.0 Å². The number of nitrogens with one attached hydrogen (secondary N) is 2. The maximum atomic E-state index is 13.8. The molecule has 12 heteroatoms. The van der Waals surface area contributed by atoms with Crippen molar-refractivity contribution in [3.63, 3.8) is 0 Å². The molecule has 1 saturated heterocycles. The number of likely N-dealkylation sites (tertiary alicyclic amines) is 1. The highest BCUT2D eigenvalue weighted by molar-refractivity contribution is 7.84. The Hall–Kier alpha value is -2.76. The summed E-state index contributed by atoms with van der Waals surface area (Å²) in [5, 5.41) is 16.3. The minimum absolute atomic E-state index is 0.0224. The molecule has 4 rings (SSSR count). The summed E-state index contributed by atoms with van der Waals surface area (Å²) in [5.74, 6) is -0.237. The molecule has 35 heavy (non-hydrogen) atoms. The summed E-state index contributed by atoms with van der Waals surface area (Å²) in [6, 6.07) is 1.93. The van der Waals surface area contributed by atoms with E-state index in [-0.39, 0.29) is 23.8 Å². The largest absolute Gasteiger partial charge is 0.424 e. The van der Waals surface area contributed by atoms with Gasteiger partial charge in [-0.3, -0.25) is 0 Å². The number of benzene rings is 1. The third-order valence-electron chi connectivity index (χ3n) is 6.34. The topological polar surface area (TPSA) is 79.1 Å². The fourth-order valence-corrected chi connectivity index (χ4v) is 5.11. The smallest absolute Gasteiger partial charge is 0.416 e. The van der Waals surface area contributed by atoms with Crippen LogP contribution in [0.4, 0.5) is 23.5 Å². The average molecular weight is 513 g/mol. The number of thiol groups is 1. The fourth-order valence-electron chi connectivity index (χ4n) is 4.75. The predicted octanol–water partition coefficient (Wildman–Crippen LogP) is 5.74. The van der Waals surface area contributed by atoms with Crippen LogP contribution in [0, 0.1) is 23.1 Å². The van der Waals surface area contributed by atoms with Crippen molar-refractivity contribution in [3.8, 4) is 11.8 Å². The van der Waals surface area contributed by atoms with Crippen LogP contribution in [0.2, 0.25) is 0 Å². The van der Waals surface area contributed by atoms with Gasteiger partial charge in [-0.25, -0.2) is 9.07 Å². The number of nitrogens with zero attached hydrogens (tertiary/aromatic N) is 4. The zero-order valence-corrected chi connectivity index (χ0v) is 20.5. The lowest BCUT2D eigenvalue weighted by Crippen LogP contribution is -2.29. The Balaban J connectivity index is 1.51. The van der Waals surface area contributed by atoms with Gasteiger partial charge in [0, 0.05) is 36.8 Å². The molecule has 2 aromatic rings. The van der Waals surface area contributed by atoms with Crippen molar-refractivity contribution in [1.29, 1.82) is 5.41 Å². The molecule has 1 aliphatic heterocycles. The molecule has 2 N–H and O–H groups in total. The van der Waals surface area contributed by atoms with E-state index < -0.39 is 17.6 Å². The second-order valence-electron chi connectivity index (χ2n) is 9.37. The minimum atomic E-state index is -4.70. The first-order chi connectivity index (χ1) is 16.4. The van der Waals surface area contributed by atoms with Crippen molar-refractivity contribution < 1.29 is 22.3 Å². The second kappa shape index (κ2) is 9.71. The molecule has 2 fully saturated rings. The fraction of sp³-hybridized carbons (Fsp3) is 0.522. The lowest BCUT2D eigenvalue weighted by atomic mass is 9.98. The van der Waals surface area contributed by atoms with Crippen molar-refractivity contribution in [2.45, 2.75) is 51.9 Å². The first-order valence-electron chi connectivity index (χ1n) is 11.4. The van der Waals surface area contributed by atoms with Crippen molar-refractivity contribution in [2.24, 2.45) is 11.8 Å². The van der Waals surface area contributed by atoms with E-state index in [4.69, 9.17) is 10.1 Å². The molecule has 3 atom stereocenters. The van der Waals surface area contributed by atoms with E-state index in [0.29, 0.717) is 29.6 Å². The predicted molar refractivity (Wildman–Crippen MR) is 128 cm³/mol. The van der Waals surface area contributed by atoms with Crippen LogP contribution >= 0.6 is 12.6 Å². The molecule has 2 heterocycles. The highest BCUT2D eigenvalue weighted by Crippen LogP contribution is 2.41.